The Bertz CT molecular complexity index is 878. The number of aliphatic hydroxyl groups is 1. The smallest absolute Gasteiger partial charge is 0.290 e. The van der Waals surface area contributed by atoms with Crippen molar-refractivity contribution in [2.24, 2.45) is 13.0 Å². The largest absolute Gasteiger partial charge is 0.483 e. The first-order valence-electron chi connectivity index (χ1n) is 9.18. The molecule has 0 aromatic carbocycles. The predicted molar refractivity (Wildman–Crippen MR) is 97.5 cm³/mol. The highest BCUT2D eigenvalue weighted by Crippen LogP contribution is 2.30. The summed E-state index contributed by atoms with van der Waals surface area (Å²) in [6.45, 7) is 0.827. The summed E-state index contributed by atoms with van der Waals surface area (Å²) in [5.74, 6) is -0.592. The van der Waals surface area contributed by atoms with Gasteiger partial charge in [-0.05, 0) is 12.8 Å². The van der Waals surface area contributed by atoms with Crippen LogP contribution in [-0.4, -0.2) is 66.8 Å². The van der Waals surface area contributed by atoms with Gasteiger partial charge in [-0.2, -0.15) is 0 Å². The maximum atomic E-state index is 12.8. The standard InChI is InChI=1S/C17H21N5O4.CH2O2/c1-21-9-18-6-14(21)16(24)19-13-4-10(5-15(13)23)17(25)22-3-2-12-11(7-22)8-26-20-12;2-1-3/h6,8-10,13,15,23H,2-5,7H2,1H3,(H,19,24);1H,(H,2,3)/t10-,13+,15+;/m0./s1. The third-order valence-electron chi connectivity index (χ3n) is 5.26. The molecular weight excluding hydrogens is 382 g/mol. The fourth-order valence-corrected chi connectivity index (χ4v) is 3.78. The van der Waals surface area contributed by atoms with E-state index in [-0.39, 0.29) is 24.2 Å². The highest BCUT2D eigenvalue weighted by atomic mass is 16.5. The highest BCUT2D eigenvalue weighted by molar-refractivity contribution is 5.92. The zero-order chi connectivity index (χ0) is 21.0. The van der Waals surface area contributed by atoms with Crippen LogP contribution in [0.5, 0.6) is 0 Å². The van der Waals surface area contributed by atoms with Crippen LogP contribution in [0.1, 0.15) is 34.6 Å². The van der Waals surface area contributed by atoms with Crippen LogP contribution in [-0.2, 0) is 29.6 Å². The Hall–Kier alpha value is -3.21. The number of aromatic nitrogens is 3. The van der Waals surface area contributed by atoms with E-state index in [4.69, 9.17) is 14.4 Å². The summed E-state index contributed by atoms with van der Waals surface area (Å²) in [4.78, 5) is 39.2. The van der Waals surface area contributed by atoms with Gasteiger partial charge in [0.2, 0.25) is 5.91 Å². The van der Waals surface area contributed by atoms with E-state index in [0.717, 1.165) is 11.3 Å². The molecule has 2 aromatic rings. The van der Waals surface area contributed by atoms with E-state index in [9.17, 15) is 14.7 Å². The average molecular weight is 405 g/mol. The number of hydrogen-bond acceptors (Lipinski definition) is 7. The average Bonchev–Trinajstić information content (AvgIpc) is 3.41. The minimum atomic E-state index is -0.739. The van der Waals surface area contributed by atoms with Crippen molar-refractivity contribution >= 4 is 18.3 Å². The van der Waals surface area contributed by atoms with E-state index in [2.05, 4.69) is 15.5 Å². The lowest BCUT2D eigenvalue weighted by Crippen LogP contribution is -2.41. The number of aryl methyl sites for hydroxylation is 1. The molecule has 0 bridgehead atoms. The van der Waals surface area contributed by atoms with Crippen molar-refractivity contribution in [1.29, 1.82) is 0 Å². The molecule has 156 valence electrons. The number of imidazole rings is 1. The Morgan fingerprint density at radius 3 is 2.83 bits per heavy atom. The zero-order valence-corrected chi connectivity index (χ0v) is 15.9. The van der Waals surface area contributed by atoms with Gasteiger partial charge in [-0.15, -0.1) is 0 Å². The first-order chi connectivity index (χ1) is 13.9. The van der Waals surface area contributed by atoms with Gasteiger partial charge in [-0.25, -0.2) is 4.98 Å². The minimum absolute atomic E-state index is 0.00758. The summed E-state index contributed by atoms with van der Waals surface area (Å²) in [6, 6.07) is -0.442. The number of carbonyl (C=O) groups excluding carboxylic acids is 2. The van der Waals surface area contributed by atoms with Crippen LogP contribution in [0, 0.1) is 5.92 Å². The molecule has 0 spiro atoms. The van der Waals surface area contributed by atoms with E-state index >= 15 is 0 Å². The van der Waals surface area contributed by atoms with E-state index < -0.39 is 12.1 Å². The molecule has 2 aliphatic rings. The molecule has 1 aliphatic heterocycles. The first-order valence-corrected chi connectivity index (χ1v) is 9.18. The molecule has 3 heterocycles. The second-order valence-corrected chi connectivity index (χ2v) is 7.11. The lowest BCUT2D eigenvalue weighted by Gasteiger charge is -2.28. The van der Waals surface area contributed by atoms with Gasteiger partial charge >= 0.3 is 0 Å². The molecule has 1 fully saturated rings. The molecule has 2 amide bonds. The molecule has 29 heavy (non-hydrogen) atoms. The number of carbonyl (C=O) groups is 3. The normalized spacial score (nSPS) is 23.0. The number of rotatable bonds is 3. The second kappa shape index (κ2) is 8.86. The van der Waals surface area contributed by atoms with Crippen LogP contribution in [0.25, 0.3) is 0 Å². The van der Waals surface area contributed by atoms with Crippen molar-refractivity contribution in [1.82, 2.24) is 24.9 Å². The van der Waals surface area contributed by atoms with Crippen LogP contribution in [0.3, 0.4) is 0 Å². The third kappa shape index (κ3) is 4.45. The quantitative estimate of drug-likeness (QED) is 0.582. The van der Waals surface area contributed by atoms with E-state index in [0.29, 0.717) is 38.0 Å². The van der Waals surface area contributed by atoms with Crippen molar-refractivity contribution in [2.75, 3.05) is 6.54 Å². The summed E-state index contributed by atoms with van der Waals surface area (Å²) in [5, 5.41) is 24.0. The molecular formula is C18H23N5O6. The maximum Gasteiger partial charge on any atom is 0.290 e. The number of fused-ring (bicyclic) bond motifs is 1. The van der Waals surface area contributed by atoms with Gasteiger partial charge in [0.25, 0.3) is 12.4 Å². The lowest BCUT2D eigenvalue weighted by molar-refractivity contribution is -0.136. The van der Waals surface area contributed by atoms with Crippen LogP contribution < -0.4 is 5.32 Å². The summed E-state index contributed by atoms with van der Waals surface area (Å²) in [6.07, 6.45) is 5.31. The van der Waals surface area contributed by atoms with Gasteiger partial charge in [0.05, 0.1) is 36.9 Å². The molecule has 0 saturated heterocycles. The summed E-state index contributed by atoms with van der Waals surface area (Å²) < 4.78 is 6.58. The second-order valence-electron chi connectivity index (χ2n) is 7.11. The number of carboxylic acid groups (broad SMARTS) is 1. The number of hydrogen-bond donors (Lipinski definition) is 3. The molecule has 4 rings (SSSR count). The SMILES string of the molecule is Cn1cncc1C(=O)N[C@@H]1C[C@H](C(=O)N2CCc3nocc3C2)C[C@H]1O.O=CO. The van der Waals surface area contributed by atoms with Crippen LogP contribution >= 0.6 is 0 Å². The summed E-state index contributed by atoms with van der Waals surface area (Å²) in [7, 11) is 1.73. The van der Waals surface area contributed by atoms with E-state index in [1.165, 1.54) is 6.20 Å². The molecule has 0 radical (unpaired) electrons. The Morgan fingerprint density at radius 1 is 1.38 bits per heavy atom. The summed E-state index contributed by atoms with van der Waals surface area (Å²) >= 11 is 0. The van der Waals surface area contributed by atoms with Crippen molar-refractivity contribution in [3.8, 4) is 0 Å². The van der Waals surface area contributed by atoms with E-state index in [1.54, 1.807) is 29.1 Å². The van der Waals surface area contributed by atoms with E-state index in [1.807, 2.05) is 0 Å². The molecule has 2 aromatic heterocycles. The molecule has 11 nitrogen and oxygen atoms in total. The van der Waals surface area contributed by atoms with Crippen molar-refractivity contribution in [3.63, 3.8) is 0 Å². The molecule has 11 heteroatoms. The fourth-order valence-electron chi connectivity index (χ4n) is 3.78. The minimum Gasteiger partial charge on any atom is -0.483 e. The monoisotopic (exact) mass is 405 g/mol. The number of nitrogens with zero attached hydrogens (tertiary/aromatic N) is 4. The van der Waals surface area contributed by atoms with Gasteiger partial charge in [0, 0.05) is 31.5 Å². The fraction of sp³-hybridized carbons (Fsp3) is 0.500. The van der Waals surface area contributed by atoms with Crippen LogP contribution in [0.2, 0.25) is 0 Å². The zero-order valence-electron chi connectivity index (χ0n) is 15.9. The Kier molecular flexibility index (Phi) is 6.27. The molecule has 0 unspecified atom stereocenters. The Morgan fingerprint density at radius 2 is 2.14 bits per heavy atom. The molecule has 3 atom stereocenters. The van der Waals surface area contributed by atoms with Gasteiger partial charge in [-0.3, -0.25) is 14.4 Å². The third-order valence-corrected chi connectivity index (χ3v) is 5.26. The number of nitrogens with one attached hydrogen (secondary N) is 1. The van der Waals surface area contributed by atoms with Crippen molar-refractivity contribution in [2.45, 2.75) is 38.0 Å². The van der Waals surface area contributed by atoms with Crippen LogP contribution in [0.15, 0.2) is 23.3 Å². The molecule has 3 N–H and O–H groups in total. The van der Waals surface area contributed by atoms with Crippen molar-refractivity contribution in [3.05, 3.63) is 35.7 Å². The number of aliphatic hydroxyl groups excluding tert-OH is 1. The Balaban J connectivity index is 0.000000755. The molecule has 1 saturated carbocycles. The van der Waals surface area contributed by atoms with Gasteiger partial charge in [0.1, 0.15) is 12.0 Å². The predicted octanol–water partition coefficient (Wildman–Crippen LogP) is -0.437. The lowest BCUT2D eigenvalue weighted by atomic mass is 10.0. The number of amides is 2. The molecule has 1 aliphatic carbocycles. The maximum absolute atomic E-state index is 12.8. The van der Waals surface area contributed by atoms with Crippen LogP contribution in [0.4, 0.5) is 0 Å². The summed E-state index contributed by atoms with van der Waals surface area (Å²) in [5.41, 5.74) is 2.26. The topological polar surface area (TPSA) is 151 Å². The van der Waals surface area contributed by atoms with Gasteiger partial charge in [0.15, 0.2) is 0 Å². The van der Waals surface area contributed by atoms with Gasteiger partial charge in [-0.1, -0.05) is 5.16 Å². The van der Waals surface area contributed by atoms with Gasteiger partial charge < -0.3 is 29.5 Å². The Labute approximate surface area is 166 Å². The highest BCUT2D eigenvalue weighted by Gasteiger charge is 2.40. The van der Waals surface area contributed by atoms with Crippen molar-refractivity contribution < 1.29 is 29.1 Å². The first kappa shape index (κ1) is 20.5.